The molecule has 0 aliphatic heterocycles. The topological polar surface area (TPSA) is 32.3 Å². The van der Waals surface area contributed by atoms with Crippen LogP contribution in [0.5, 0.6) is 0 Å². The van der Waals surface area contributed by atoms with E-state index in [1.54, 1.807) is 0 Å². The molecule has 2 nitrogen and oxygen atoms in total. The SMILES string of the molecule is CC(C)C(C)(C)CNCO. The summed E-state index contributed by atoms with van der Waals surface area (Å²) in [6.45, 7) is 9.73. The molecule has 0 unspecified atom stereocenters. The van der Waals surface area contributed by atoms with Gasteiger partial charge in [0.15, 0.2) is 0 Å². The van der Waals surface area contributed by atoms with Crippen molar-refractivity contribution >= 4 is 0 Å². The number of rotatable bonds is 4. The number of aliphatic hydroxyl groups excluding tert-OH is 1. The van der Waals surface area contributed by atoms with Crippen LogP contribution in [-0.2, 0) is 0 Å². The van der Waals surface area contributed by atoms with Gasteiger partial charge in [-0.15, -0.1) is 0 Å². The van der Waals surface area contributed by atoms with Gasteiger partial charge in [-0.3, -0.25) is 5.32 Å². The summed E-state index contributed by atoms with van der Waals surface area (Å²) in [5, 5.41) is 11.4. The van der Waals surface area contributed by atoms with Crippen LogP contribution >= 0.6 is 0 Å². The molecule has 0 aromatic carbocycles. The lowest BCUT2D eigenvalue weighted by atomic mass is 9.81. The molecule has 0 amide bonds. The summed E-state index contributed by atoms with van der Waals surface area (Å²) in [5.74, 6) is 0.645. The standard InChI is InChI=1S/C8H19NO/c1-7(2)8(3,4)5-9-6-10/h7,9-10H,5-6H2,1-4H3. The molecule has 0 atom stereocenters. The van der Waals surface area contributed by atoms with Crippen LogP contribution in [0.1, 0.15) is 27.7 Å². The van der Waals surface area contributed by atoms with E-state index in [0.29, 0.717) is 5.92 Å². The third kappa shape index (κ3) is 3.18. The molecular formula is C8H19NO. The lowest BCUT2D eigenvalue weighted by Gasteiger charge is -2.28. The molecule has 0 aliphatic rings. The van der Waals surface area contributed by atoms with E-state index in [1.165, 1.54) is 0 Å². The Morgan fingerprint density at radius 3 is 2.20 bits per heavy atom. The quantitative estimate of drug-likeness (QED) is 0.583. The Balaban J connectivity index is 3.63. The van der Waals surface area contributed by atoms with Crippen molar-refractivity contribution in [1.82, 2.24) is 5.32 Å². The average Bonchev–Trinajstić information content (AvgIpc) is 1.84. The Hall–Kier alpha value is -0.0800. The van der Waals surface area contributed by atoms with Crippen molar-refractivity contribution < 1.29 is 5.11 Å². The minimum absolute atomic E-state index is 0.0795. The molecule has 2 heteroatoms. The van der Waals surface area contributed by atoms with Crippen LogP contribution in [0.15, 0.2) is 0 Å². The largest absolute Gasteiger partial charge is 0.381 e. The first-order valence-electron chi connectivity index (χ1n) is 3.82. The Labute approximate surface area is 63.6 Å². The maximum atomic E-state index is 8.50. The average molecular weight is 145 g/mol. The van der Waals surface area contributed by atoms with Gasteiger partial charge in [0.1, 0.15) is 0 Å². The zero-order chi connectivity index (χ0) is 8.20. The smallest absolute Gasteiger partial charge is 0.0931 e. The zero-order valence-corrected chi connectivity index (χ0v) is 7.44. The van der Waals surface area contributed by atoms with E-state index in [9.17, 15) is 0 Å². The molecule has 0 heterocycles. The van der Waals surface area contributed by atoms with Crippen molar-refractivity contribution in [2.24, 2.45) is 11.3 Å². The van der Waals surface area contributed by atoms with Crippen molar-refractivity contribution in [2.45, 2.75) is 27.7 Å². The predicted molar refractivity (Wildman–Crippen MR) is 43.7 cm³/mol. The Morgan fingerprint density at radius 2 is 1.90 bits per heavy atom. The first kappa shape index (κ1) is 9.92. The second kappa shape index (κ2) is 3.94. The highest BCUT2D eigenvalue weighted by Crippen LogP contribution is 2.24. The van der Waals surface area contributed by atoms with Gasteiger partial charge in [0.25, 0.3) is 0 Å². The van der Waals surface area contributed by atoms with E-state index in [1.807, 2.05) is 0 Å². The van der Waals surface area contributed by atoms with Crippen LogP contribution in [0, 0.1) is 11.3 Å². The molecule has 10 heavy (non-hydrogen) atoms. The summed E-state index contributed by atoms with van der Waals surface area (Å²) in [7, 11) is 0. The number of hydrogen-bond acceptors (Lipinski definition) is 2. The van der Waals surface area contributed by atoms with Crippen molar-refractivity contribution in [3.8, 4) is 0 Å². The lowest BCUT2D eigenvalue weighted by molar-refractivity contribution is 0.191. The molecule has 0 rings (SSSR count). The highest BCUT2D eigenvalue weighted by atomic mass is 16.3. The fourth-order valence-electron chi connectivity index (χ4n) is 0.582. The Kier molecular flexibility index (Phi) is 3.91. The molecule has 0 saturated heterocycles. The molecule has 0 fully saturated rings. The summed E-state index contributed by atoms with van der Waals surface area (Å²) in [6, 6.07) is 0. The van der Waals surface area contributed by atoms with E-state index in [-0.39, 0.29) is 12.1 Å². The number of aliphatic hydroxyl groups is 1. The number of nitrogens with one attached hydrogen (secondary N) is 1. The Bertz CT molecular complexity index is 89.3. The third-order valence-corrected chi connectivity index (χ3v) is 2.26. The highest BCUT2D eigenvalue weighted by Gasteiger charge is 2.20. The van der Waals surface area contributed by atoms with E-state index < -0.39 is 0 Å². The van der Waals surface area contributed by atoms with Gasteiger partial charge in [-0.25, -0.2) is 0 Å². The maximum Gasteiger partial charge on any atom is 0.0931 e. The molecule has 0 spiro atoms. The minimum Gasteiger partial charge on any atom is -0.381 e. The third-order valence-electron chi connectivity index (χ3n) is 2.26. The molecular weight excluding hydrogens is 126 g/mol. The summed E-state index contributed by atoms with van der Waals surface area (Å²) in [4.78, 5) is 0. The van der Waals surface area contributed by atoms with Crippen molar-refractivity contribution in [2.75, 3.05) is 13.3 Å². The molecule has 0 bridgehead atoms. The van der Waals surface area contributed by atoms with Gasteiger partial charge in [-0.2, -0.15) is 0 Å². The van der Waals surface area contributed by atoms with Crippen molar-refractivity contribution in [1.29, 1.82) is 0 Å². The number of hydrogen-bond donors (Lipinski definition) is 2. The first-order valence-corrected chi connectivity index (χ1v) is 3.82. The molecule has 0 aromatic rings. The van der Waals surface area contributed by atoms with Gasteiger partial charge >= 0.3 is 0 Å². The predicted octanol–water partition coefficient (Wildman–Crippen LogP) is 1.21. The van der Waals surface area contributed by atoms with Crippen molar-refractivity contribution in [3.63, 3.8) is 0 Å². The molecule has 62 valence electrons. The van der Waals surface area contributed by atoms with E-state index in [0.717, 1.165) is 6.54 Å². The first-order chi connectivity index (χ1) is 4.50. The summed E-state index contributed by atoms with van der Waals surface area (Å²) in [6.07, 6.45) is 0. The second-order valence-corrected chi connectivity index (χ2v) is 3.73. The van der Waals surface area contributed by atoms with Gasteiger partial charge in [0.2, 0.25) is 0 Å². The van der Waals surface area contributed by atoms with Gasteiger partial charge < -0.3 is 5.11 Å². The normalized spacial score (nSPS) is 12.6. The molecule has 2 N–H and O–H groups in total. The summed E-state index contributed by atoms with van der Waals surface area (Å²) in [5.41, 5.74) is 0.280. The molecule has 0 aromatic heterocycles. The summed E-state index contributed by atoms with van der Waals surface area (Å²) >= 11 is 0. The van der Waals surface area contributed by atoms with E-state index in [2.05, 4.69) is 33.0 Å². The monoisotopic (exact) mass is 145 g/mol. The molecule has 0 aliphatic carbocycles. The van der Waals surface area contributed by atoms with Crippen LogP contribution in [0.3, 0.4) is 0 Å². The van der Waals surface area contributed by atoms with Gasteiger partial charge in [0.05, 0.1) is 6.73 Å². The van der Waals surface area contributed by atoms with Gasteiger partial charge in [-0.05, 0) is 11.3 Å². The summed E-state index contributed by atoms with van der Waals surface area (Å²) < 4.78 is 0. The lowest BCUT2D eigenvalue weighted by Crippen LogP contribution is -2.33. The van der Waals surface area contributed by atoms with Crippen LogP contribution in [0.25, 0.3) is 0 Å². The minimum atomic E-state index is 0.0795. The van der Waals surface area contributed by atoms with Crippen LogP contribution in [-0.4, -0.2) is 18.4 Å². The fraction of sp³-hybridized carbons (Fsp3) is 1.00. The maximum absolute atomic E-state index is 8.50. The van der Waals surface area contributed by atoms with Crippen molar-refractivity contribution in [3.05, 3.63) is 0 Å². The van der Waals surface area contributed by atoms with E-state index in [4.69, 9.17) is 5.11 Å². The van der Waals surface area contributed by atoms with Gasteiger partial charge in [-0.1, -0.05) is 27.7 Å². The molecule has 0 saturated carbocycles. The second-order valence-electron chi connectivity index (χ2n) is 3.73. The van der Waals surface area contributed by atoms with E-state index >= 15 is 0 Å². The zero-order valence-electron chi connectivity index (χ0n) is 7.44. The van der Waals surface area contributed by atoms with Crippen LogP contribution < -0.4 is 5.32 Å². The van der Waals surface area contributed by atoms with Crippen LogP contribution in [0.2, 0.25) is 0 Å². The molecule has 0 radical (unpaired) electrons. The highest BCUT2D eigenvalue weighted by molar-refractivity contribution is 4.73. The van der Waals surface area contributed by atoms with Gasteiger partial charge in [0, 0.05) is 6.54 Å². The van der Waals surface area contributed by atoms with Crippen LogP contribution in [0.4, 0.5) is 0 Å². The Morgan fingerprint density at radius 1 is 1.40 bits per heavy atom. The fourth-order valence-corrected chi connectivity index (χ4v) is 0.582.